The highest BCUT2D eigenvalue weighted by Gasteiger charge is 2.31. The van der Waals surface area contributed by atoms with Crippen LogP contribution in [-0.4, -0.2) is 67.7 Å². The predicted octanol–water partition coefficient (Wildman–Crippen LogP) is 6.98. The number of carbonyl (C=O) groups is 1. The van der Waals surface area contributed by atoms with Crippen molar-refractivity contribution in [3.8, 4) is 11.5 Å². The van der Waals surface area contributed by atoms with Gasteiger partial charge in [-0.2, -0.15) is 13.2 Å². The Morgan fingerprint density at radius 1 is 0.872 bits per heavy atom. The molecule has 0 atom stereocenters. The lowest BCUT2D eigenvalue weighted by Gasteiger charge is -2.36. The highest BCUT2D eigenvalue weighted by atomic mass is 35.5. The maximum Gasteiger partial charge on any atom is 0.416 e. The number of methoxy groups -OCH3 is 2. The van der Waals surface area contributed by atoms with Gasteiger partial charge in [0, 0.05) is 62.3 Å². The van der Waals surface area contributed by atoms with Crippen LogP contribution in [-0.2, 0) is 24.9 Å². The Labute approximate surface area is 280 Å². The number of halogens is 4. The zero-order valence-corrected chi connectivity index (χ0v) is 27.5. The predicted molar refractivity (Wildman–Crippen MR) is 177 cm³/mol. The van der Waals surface area contributed by atoms with Crippen LogP contribution >= 0.6 is 23.4 Å². The highest BCUT2D eigenvalue weighted by Crippen LogP contribution is 2.35. The van der Waals surface area contributed by atoms with Crippen LogP contribution in [0.15, 0.2) is 71.9 Å². The van der Waals surface area contributed by atoms with Crippen LogP contribution in [0.2, 0.25) is 5.15 Å². The summed E-state index contributed by atoms with van der Waals surface area (Å²) in [6.45, 7) is 3.12. The zero-order valence-electron chi connectivity index (χ0n) is 25.9. The van der Waals surface area contributed by atoms with E-state index in [0.717, 1.165) is 42.0 Å². The van der Waals surface area contributed by atoms with Gasteiger partial charge in [-0.05, 0) is 65.6 Å². The lowest BCUT2D eigenvalue weighted by Crippen LogP contribution is -2.48. The van der Waals surface area contributed by atoms with Crippen molar-refractivity contribution < 1.29 is 27.4 Å². The summed E-state index contributed by atoms with van der Waals surface area (Å²) < 4.78 is 50.5. The van der Waals surface area contributed by atoms with Crippen LogP contribution in [0.5, 0.6) is 11.5 Å². The summed E-state index contributed by atoms with van der Waals surface area (Å²) in [5, 5.41) is 0.886. The topological polar surface area (TPSA) is 71.0 Å². The van der Waals surface area contributed by atoms with Crippen molar-refractivity contribution in [1.29, 1.82) is 0 Å². The maximum atomic E-state index is 13.4. The van der Waals surface area contributed by atoms with Crippen molar-refractivity contribution >= 4 is 40.8 Å². The molecule has 0 saturated carbocycles. The van der Waals surface area contributed by atoms with Crippen LogP contribution in [0.4, 0.5) is 24.7 Å². The number of fused-ring (bicyclic) bond motifs is 1. The summed E-state index contributed by atoms with van der Waals surface area (Å²) in [6, 6.07) is 18.5. The molecule has 4 aromatic rings. The fourth-order valence-electron chi connectivity index (χ4n) is 5.86. The van der Waals surface area contributed by atoms with E-state index < -0.39 is 11.7 Å². The first-order chi connectivity index (χ1) is 22.6. The van der Waals surface area contributed by atoms with Crippen LogP contribution < -0.4 is 19.3 Å². The molecule has 0 unspecified atom stereocenters. The van der Waals surface area contributed by atoms with Gasteiger partial charge in [0.2, 0.25) is 0 Å². The number of hydrogen-bond acceptors (Lipinski definition) is 8. The molecule has 13 heteroatoms. The summed E-state index contributed by atoms with van der Waals surface area (Å²) in [7, 11) is 3.25. The van der Waals surface area contributed by atoms with Gasteiger partial charge in [0.1, 0.15) is 11.0 Å². The second kappa shape index (κ2) is 13.9. The summed E-state index contributed by atoms with van der Waals surface area (Å²) in [5.41, 5.74) is 3.66. The Balaban J connectivity index is 1.08. The minimum atomic E-state index is -4.40. The largest absolute Gasteiger partial charge is 0.493 e. The lowest BCUT2D eigenvalue weighted by molar-refractivity contribution is -0.137. The molecule has 0 bridgehead atoms. The molecule has 1 amide bonds. The van der Waals surface area contributed by atoms with Crippen molar-refractivity contribution in [3.63, 3.8) is 0 Å². The number of anilines is 2. The molecule has 0 N–H and O–H groups in total. The highest BCUT2D eigenvalue weighted by molar-refractivity contribution is 7.98. The van der Waals surface area contributed by atoms with Gasteiger partial charge in [0.05, 0.1) is 19.8 Å². The molecule has 2 aliphatic heterocycles. The average Bonchev–Trinajstić information content (AvgIpc) is 3.09. The number of alkyl halides is 3. The van der Waals surface area contributed by atoms with E-state index in [0.29, 0.717) is 71.5 Å². The molecule has 8 nitrogen and oxygen atoms in total. The quantitative estimate of drug-likeness (QED) is 0.112. The summed E-state index contributed by atoms with van der Waals surface area (Å²) in [4.78, 5) is 28.4. The smallest absolute Gasteiger partial charge is 0.416 e. The molecule has 3 aromatic carbocycles. The Kier molecular flexibility index (Phi) is 9.70. The molecule has 47 heavy (non-hydrogen) atoms. The van der Waals surface area contributed by atoms with Gasteiger partial charge in [-0.3, -0.25) is 4.79 Å². The molecular formula is C34H33ClF3N5O3S. The molecule has 1 fully saturated rings. The number of hydrogen-bond donors (Lipinski definition) is 0. The number of aromatic nitrogens is 2. The molecule has 2 aliphatic rings. The molecule has 0 spiro atoms. The fourth-order valence-corrected chi connectivity index (χ4v) is 6.89. The van der Waals surface area contributed by atoms with Crippen LogP contribution in [0.25, 0.3) is 0 Å². The van der Waals surface area contributed by atoms with Gasteiger partial charge in [-0.25, -0.2) is 9.97 Å². The Bertz CT molecular complexity index is 1770. The fraction of sp³-hybridized carbons (Fsp3) is 0.324. The lowest BCUT2D eigenvalue weighted by atomic mass is 9.99. The normalized spacial score (nSPS) is 15.0. The molecular weight excluding hydrogens is 651 g/mol. The number of rotatable bonds is 8. The van der Waals surface area contributed by atoms with Gasteiger partial charge in [0.15, 0.2) is 16.7 Å². The minimum Gasteiger partial charge on any atom is -0.493 e. The monoisotopic (exact) mass is 683 g/mol. The first-order valence-corrected chi connectivity index (χ1v) is 16.4. The molecule has 6 rings (SSSR count). The number of piperazine rings is 1. The van der Waals surface area contributed by atoms with Gasteiger partial charge in [-0.15, -0.1) is 0 Å². The van der Waals surface area contributed by atoms with E-state index in [-0.39, 0.29) is 5.91 Å². The third-order valence-electron chi connectivity index (χ3n) is 8.35. The van der Waals surface area contributed by atoms with E-state index in [9.17, 15) is 18.0 Å². The standard InChI is InChI=1S/C34H33ClF3N5O3S/c1-45-28-16-23-9-10-43(20-25(23)17-29(28)46-2)31-19-30(35)39-33(40-31)47-21-22-5-3-6-24(15-22)32(44)42-13-11-41(12-14-42)27-8-4-7-26(18-27)34(36,37)38/h3-8,15-19H,9-14,20-21H2,1-2H3. The zero-order chi connectivity index (χ0) is 33.1. The van der Waals surface area contributed by atoms with Crippen molar-refractivity contribution in [2.24, 2.45) is 0 Å². The SMILES string of the molecule is COc1cc2c(cc1OC)CN(c1cc(Cl)nc(SCc3cccc(C(=O)N4CCN(c5cccc(C(F)(F)F)c5)CC4)c3)n1)CC2. The molecule has 3 heterocycles. The van der Waals surface area contributed by atoms with Gasteiger partial charge in [0.25, 0.3) is 5.91 Å². The minimum absolute atomic E-state index is 0.110. The first-order valence-electron chi connectivity index (χ1n) is 15.1. The van der Waals surface area contributed by atoms with E-state index >= 15 is 0 Å². The van der Waals surface area contributed by atoms with E-state index in [2.05, 4.69) is 9.88 Å². The molecule has 1 saturated heterocycles. The summed E-state index contributed by atoms with van der Waals surface area (Å²) >= 11 is 7.87. The van der Waals surface area contributed by atoms with Crippen molar-refractivity contribution in [3.05, 3.63) is 99.7 Å². The van der Waals surface area contributed by atoms with Crippen LogP contribution in [0.1, 0.15) is 32.6 Å². The maximum absolute atomic E-state index is 13.4. The van der Waals surface area contributed by atoms with Gasteiger partial charge < -0.3 is 24.2 Å². The number of thioether (sulfide) groups is 1. The number of benzene rings is 3. The van der Waals surface area contributed by atoms with Crippen molar-refractivity contribution in [2.45, 2.75) is 30.1 Å². The molecule has 0 aliphatic carbocycles. The Morgan fingerprint density at radius 3 is 2.32 bits per heavy atom. The molecule has 246 valence electrons. The third-order valence-corrected chi connectivity index (χ3v) is 9.46. The van der Waals surface area contributed by atoms with Crippen LogP contribution in [0, 0.1) is 0 Å². The Hall–Kier alpha value is -4.16. The van der Waals surface area contributed by atoms with Crippen LogP contribution in [0.3, 0.4) is 0 Å². The molecule has 1 aromatic heterocycles. The summed E-state index contributed by atoms with van der Waals surface area (Å²) in [5.74, 6) is 2.56. The number of carbonyl (C=O) groups excluding carboxylic acids is 1. The number of nitrogens with zero attached hydrogens (tertiary/aromatic N) is 5. The van der Waals surface area contributed by atoms with E-state index in [1.165, 1.54) is 23.4 Å². The van der Waals surface area contributed by atoms with Crippen molar-refractivity contribution in [1.82, 2.24) is 14.9 Å². The van der Waals surface area contributed by atoms with E-state index in [1.807, 2.05) is 35.2 Å². The second-order valence-electron chi connectivity index (χ2n) is 11.3. The van der Waals surface area contributed by atoms with Gasteiger partial charge >= 0.3 is 6.18 Å². The molecule has 0 radical (unpaired) electrons. The van der Waals surface area contributed by atoms with Gasteiger partial charge in [-0.1, -0.05) is 41.6 Å². The third kappa shape index (κ3) is 7.54. The number of amides is 1. The second-order valence-corrected chi connectivity index (χ2v) is 12.6. The van der Waals surface area contributed by atoms with Crippen molar-refractivity contribution in [2.75, 3.05) is 56.7 Å². The summed E-state index contributed by atoms with van der Waals surface area (Å²) in [6.07, 6.45) is -3.58. The average molecular weight is 684 g/mol. The first kappa shape index (κ1) is 32.8. The number of ether oxygens (including phenoxy) is 2. The van der Waals surface area contributed by atoms with E-state index in [4.69, 9.17) is 26.1 Å². The van der Waals surface area contributed by atoms with E-state index in [1.54, 1.807) is 37.3 Å². The Morgan fingerprint density at radius 2 is 1.60 bits per heavy atom.